The van der Waals surface area contributed by atoms with Crippen molar-refractivity contribution in [2.24, 2.45) is 4.99 Å². The van der Waals surface area contributed by atoms with E-state index in [1.807, 2.05) is 0 Å². The summed E-state index contributed by atoms with van der Waals surface area (Å²) < 4.78 is 0. The molecule has 4 rings (SSSR count). The van der Waals surface area contributed by atoms with E-state index >= 15 is 0 Å². The van der Waals surface area contributed by atoms with Gasteiger partial charge in [-0.25, -0.2) is 0 Å². The number of benzene rings is 2. The van der Waals surface area contributed by atoms with Crippen molar-refractivity contribution >= 4 is 5.96 Å². The first-order valence-corrected chi connectivity index (χ1v) is 10.0. The standard InChI is InChI=1S/C23H29N3/c1-2-3-14-25-22(16-20-12-8-5-9-13-20)18-26-21(17-24-23(25)26)15-19-10-6-4-7-11-19/h4-13,21-22H,2-3,14-18H2,1H3/t21-,22-/m0/s1. The van der Waals surface area contributed by atoms with Crippen LogP contribution in [0.1, 0.15) is 30.9 Å². The van der Waals surface area contributed by atoms with Crippen molar-refractivity contribution in [2.45, 2.75) is 44.7 Å². The van der Waals surface area contributed by atoms with Crippen LogP contribution in [-0.4, -0.2) is 47.5 Å². The maximum absolute atomic E-state index is 4.97. The van der Waals surface area contributed by atoms with Gasteiger partial charge in [0.05, 0.1) is 18.6 Å². The highest BCUT2D eigenvalue weighted by Crippen LogP contribution is 2.28. The molecule has 2 aliphatic rings. The molecule has 2 atom stereocenters. The van der Waals surface area contributed by atoms with Crippen LogP contribution in [0.25, 0.3) is 0 Å². The van der Waals surface area contributed by atoms with Crippen LogP contribution in [0.2, 0.25) is 0 Å². The molecule has 0 amide bonds. The molecule has 0 N–H and O–H groups in total. The molecule has 0 radical (unpaired) electrons. The first kappa shape index (κ1) is 17.1. The van der Waals surface area contributed by atoms with Crippen LogP contribution < -0.4 is 0 Å². The number of unbranched alkanes of at least 4 members (excludes halogenated alkanes) is 1. The third kappa shape index (κ3) is 3.62. The molecule has 1 fully saturated rings. The Kier molecular flexibility index (Phi) is 5.24. The first-order valence-electron chi connectivity index (χ1n) is 10.0. The molecule has 3 nitrogen and oxygen atoms in total. The maximum atomic E-state index is 4.97. The molecule has 3 heteroatoms. The smallest absolute Gasteiger partial charge is 0.197 e. The Bertz CT molecular complexity index is 726. The summed E-state index contributed by atoms with van der Waals surface area (Å²) in [5.41, 5.74) is 2.85. The highest BCUT2D eigenvalue weighted by Gasteiger charge is 2.41. The van der Waals surface area contributed by atoms with Crippen LogP contribution in [-0.2, 0) is 12.8 Å². The minimum absolute atomic E-state index is 0.511. The minimum Gasteiger partial charge on any atom is -0.338 e. The van der Waals surface area contributed by atoms with Gasteiger partial charge in [-0.1, -0.05) is 74.0 Å². The highest BCUT2D eigenvalue weighted by atomic mass is 15.5. The van der Waals surface area contributed by atoms with Crippen molar-refractivity contribution in [3.05, 3.63) is 71.8 Å². The second kappa shape index (κ2) is 7.94. The predicted molar refractivity (Wildman–Crippen MR) is 108 cm³/mol. The maximum Gasteiger partial charge on any atom is 0.197 e. The van der Waals surface area contributed by atoms with Crippen molar-refractivity contribution in [2.75, 3.05) is 19.6 Å². The molecule has 26 heavy (non-hydrogen) atoms. The highest BCUT2D eigenvalue weighted by molar-refractivity contribution is 5.84. The van der Waals surface area contributed by atoms with Gasteiger partial charge in [-0.2, -0.15) is 0 Å². The van der Waals surface area contributed by atoms with E-state index in [4.69, 9.17) is 4.99 Å². The van der Waals surface area contributed by atoms with Gasteiger partial charge in [0.1, 0.15) is 0 Å². The third-order valence-corrected chi connectivity index (χ3v) is 5.63. The van der Waals surface area contributed by atoms with Gasteiger partial charge in [-0.15, -0.1) is 0 Å². The number of hydrogen-bond acceptors (Lipinski definition) is 3. The summed E-state index contributed by atoms with van der Waals surface area (Å²) in [6.45, 7) is 5.44. The molecule has 2 aliphatic heterocycles. The lowest BCUT2D eigenvalue weighted by Gasteiger charge is -2.25. The van der Waals surface area contributed by atoms with E-state index in [9.17, 15) is 0 Å². The molecule has 0 bridgehead atoms. The van der Waals surface area contributed by atoms with E-state index in [1.165, 1.54) is 29.9 Å². The first-order chi connectivity index (χ1) is 12.8. The Morgan fingerprint density at radius 2 is 1.50 bits per heavy atom. The summed E-state index contributed by atoms with van der Waals surface area (Å²) in [4.78, 5) is 10.1. The molecule has 0 saturated carbocycles. The van der Waals surface area contributed by atoms with Crippen LogP contribution in [0, 0.1) is 0 Å². The minimum atomic E-state index is 0.511. The van der Waals surface area contributed by atoms with Crippen molar-refractivity contribution in [1.29, 1.82) is 0 Å². The van der Waals surface area contributed by atoms with Crippen LogP contribution in [0.4, 0.5) is 0 Å². The topological polar surface area (TPSA) is 18.8 Å². The van der Waals surface area contributed by atoms with Crippen molar-refractivity contribution in [3.8, 4) is 0 Å². The molecular weight excluding hydrogens is 318 g/mol. The second-order valence-corrected chi connectivity index (χ2v) is 7.53. The molecule has 2 aromatic carbocycles. The number of aliphatic imine (C=N–C) groups is 1. The lowest BCUT2D eigenvalue weighted by Crippen LogP contribution is -2.38. The number of guanidine groups is 1. The predicted octanol–water partition coefficient (Wildman–Crippen LogP) is 4.00. The number of fused-ring (bicyclic) bond motifs is 1. The van der Waals surface area contributed by atoms with Gasteiger partial charge >= 0.3 is 0 Å². The van der Waals surface area contributed by atoms with E-state index in [-0.39, 0.29) is 0 Å². The molecule has 0 aliphatic carbocycles. The van der Waals surface area contributed by atoms with Gasteiger partial charge in [0.15, 0.2) is 5.96 Å². The Labute approximate surface area is 157 Å². The normalized spacial score (nSPS) is 21.8. The molecule has 2 aromatic rings. The molecule has 136 valence electrons. The van der Waals surface area contributed by atoms with Gasteiger partial charge < -0.3 is 9.80 Å². The van der Waals surface area contributed by atoms with Crippen LogP contribution in [0.5, 0.6) is 0 Å². The average Bonchev–Trinajstić information content (AvgIpc) is 3.21. The largest absolute Gasteiger partial charge is 0.338 e. The molecule has 0 spiro atoms. The van der Waals surface area contributed by atoms with Gasteiger partial charge in [-0.05, 0) is 30.4 Å². The third-order valence-electron chi connectivity index (χ3n) is 5.63. The summed E-state index contributed by atoms with van der Waals surface area (Å²) in [6, 6.07) is 22.8. The van der Waals surface area contributed by atoms with Gasteiger partial charge in [0.25, 0.3) is 0 Å². The summed E-state index contributed by atoms with van der Waals surface area (Å²) in [5, 5.41) is 0. The summed E-state index contributed by atoms with van der Waals surface area (Å²) in [6.07, 6.45) is 4.67. The molecule has 1 saturated heterocycles. The van der Waals surface area contributed by atoms with Crippen molar-refractivity contribution < 1.29 is 0 Å². The number of rotatable bonds is 7. The lowest BCUT2D eigenvalue weighted by molar-refractivity contribution is 0.311. The van der Waals surface area contributed by atoms with Crippen molar-refractivity contribution in [3.63, 3.8) is 0 Å². The van der Waals surface area contributed by atoms with Gasteiger partial charge in [0.2, 0.25) is 0 Å². The zero-order chi connectivity index (χ0) is 17.8. The fourth-order valence-corrected chi connectivity index (χ4v) is 4.25. The Morgan fingerprint density at radius 3 is 2.12 bits per heavy atom. The van der Waals surface area contributed by atoms with Gasteiger partial charge in [-0.3, -0.25) is 4.99 Å². The summed E-state index contributed by atoms with van der Waals surface area (Å²) >= 11 is 0. The van der Waals surface area contributed by atoms with E-state index in [1.54, 1.807) is 0 Å². The van der Waals surface area contributed by atoms with E-state index in [0.717, 1.165) is 32.5 Å². The van der Waals surface area contributed by atoms with Crippen LogP contribution in [0.3, 0.4) is 0 Å². The molecule has 0 aromatic heterocycles. The fraction of sp³-hybridized carbons (Fsp3) is 0.435. The van der Waals surface area contributed by atoms with Crippen molar-refractivity contribution in [1.82, 2.24) is 9.80 Å². The Balaban J connectivity index is 1.49. The molecule has 0 unspecified atom stereocenters. The zero-order valence-corrected chi connectivity index (χ0v) is 15.7. The lowest BCUT2D eigenvalue weighted by atomic mass is 10.0. The number of nitrogens with zero attached hydrogens (tertiary/aromatic N) is 3. The van der Waals surface area contributed by atoms with Crippen LogP contribution >= 0.6 is 0 Å². The fourth-order valence-electron chi connectivity index (χ4n) is 4.25. The van der Waals surface area contributed by atoms with E-state index < -0.39 is 0 Å². The van der Waals surface area contributed by atoms with Gasteiger partial charge in [0, 0.05) is 13.1 Å². The SMILES string of the molecule is CCCCN1C2=NC[C@H](Cc3ccccc3)N2C[C@@H]1Cc1ccccc1. The molecule has 2 heterocycles. The zero-order valence-electron chi connectivity index (χ0n) is 15.7. The summed E-state index contributed by atoms with van der Waals surface area (Å²) in [5.74, 6) is 1.25. The average molecular weight is 348 g/mol. The Hall–Kier alpha value is -2.29. The quantitative estimate of drug-likeness (QED) is 0.754. The number of hydrogen-bond donors (Lipinski definition) is 0. The molecular formula is C23H29N3. The van der Waals surface area contributed by atoms with Crippen LogP contribution in [0.15, 0.2) is 65.7 Å². The second-order valence-electron chi connectivity index (χ2n) is 7.53. The Morgan fingerprint density at radius 1 is 0.885 bits per heavy atom. The summed E-state index contributed by atoms with van der Waals surface area (Å²) in [7, 11) is 0. The van der Waals surface area contributed by atoms with E-state index in [2.05, 4.69) is 77.4 Å². The van der Waals surface area contributed by atoms with E-state index in [0.29, 0.717) is 12.1 Å². The monoisotopic (exact) mass is 347 g/mol.